The van der Waals surface area contributed by atoms with Crippen molar-refractivity contribution in [2.24, 2.45) is 5.41 Å². The zero-order chi connectivity index (χ0) is 22.6. The molecule has 0 saturated heterocycles. The Morgan fingerprint density at radius 1 is 1.00 bits per heavy atom. The van der Waals surface area contributed by atoms with Gasteiger partial charge in [-0.05, 0) is 35.4 Å². The van der Waals surface area contributed by atoms with Gasteiger partial charge in [-0.25, -0.2) is 0 Å². The molecule has 4 rings (SSSR count). The third kappa shape index (κ3) is 5.06. The first-order chi connectivity index (χ1) is 15.4. The van der Waals surface area contributed by atoms with Crippen LogP contribution >= 0.6 is 0 Å². The fourth-order valence-electron chi connectivity index (χ4n) is 3.02. The molecule has 0 amide bonds. The van der Waals surface area contributed by atoms with Crippen LogP contribution in [0.2, 0.25) is 0 Å². The van der Waals surface area contributed by atoms with Crippen LogP contribution in [0.25, 0.3) is 11.6 Å². The number of furan rings is 1. The molecule has 0 radical (unpaired) electrons. The second-order valence-electron chi connectivity index (χ2n) is 8.48. The molecule has 4 aromatic rings. The van der Waals surface area contributed by atoms with Crippen molar-refractivity contribution >= 4 is 11.9 Å². The number of hydrogen-bond acceptors (Lipinski definition) is 6. The molecular formula is C25H26N4O3. The first-order valence-electron chi connectivity index (χ1n) is 10.5. The fraction of sp³-hybridized carbons (Fsp3) is 0.240. The maximum absolute atomic E-state index is 12.9. The summed E-state index contributed by atoms with van der Waals surface area (Å²) in [7, 11) is 0. The topological polar surface area (TPSA) is 82.2 Å². The minimum atomic E-state index is -0.609. The first-order valence-corrected chi connectivity index (χ1v) is 10.5. The molecule has 0 aliphatic heterocycles. The van der Waals surface area contributed by atoms with E-state index < -0.39 is 5.41 Å². The Kier molecular flexibility index (Phi) is 6.07. The second kappa shape index (κ2) is 9.09. The maximum atomic E-state index is 12.9. The summed E-state index contributed by atoms with van der Waals surface area (Å²) < 4.78 is 12.5. The van der Waals surface area contributed by atoms with Gasteiger partial charge in [0.1, 0.15) is 12.4 Å². The normalized spacial score (nSPS) is 11.3. The van der Waals surface area contributed by atoms with E-state index in [1.54, 1.807) is 18.4 Å². The maximum Gasteiger partial charge on any atom is 0.255 e. The van der Waals surface area contributed by atoms with E-state index in [4.69, 9.17) is 9.15 Å². The van der Waals surface area contributed by atoms with Crippen molar-refractivity contribution in [1.29, 1.82) is 0 Å². The van der Waals surface area contributed by atoms with Gasteiger partial charge in [-0.1, -0.05) is 63.2 Å². The molecule has 0 saturated carbocycles. The van der Waals surface area contributed by atoms with E-state index in [1.807, 2.05) is 75.4 Å². The Labute approximate surface area is 187 Å². The summed E-state index contributed by atoms with van der Waals surface area (Å²) in [6, 6.07) is 21.4. The second-order valence-corrected chi connectivity index (χ2v) is 8.48. The number of benzene rings is 2. The van der Waals surface area contributed by atoms with Crippen LogP contribution in [-0.2, 0) is 13.2 Å². The quantitative estimate of drug-likeness (QED) is 0.422. The average molecular weight is 431 g/mol. The van der Waals surface area contributed by atoms with Crippen LogP contribution in [0.4, 0.5) is 5.95 Å². The van der Waals surface area contributed by atoms with Crippen molar-refractivity contribution in [3.63, 3.8) is 0 Å². The molecule has 2 aromatic carbocycles. The van der Waals surface area contributed by atoms with Crippen molar-refractivity contribution in [2.45, 2.75) is 33.9 Å². The molecule has 0 atom stereocenters. The average Bonchev–Trinajstić information content (AvgIpc) is 3.46. The minimum absolute atomic E-state index is 0.157. The number of carbonyl (C=O) groups excluding carboxylic acids is 1. The third-order valence-corrected chi connectivity index (χ3v) is 4.80. The molecule has 7 nitrogen and oxygen atoms in total. The molecule has 32 heavy (non-hydrogen) atoms. The van der Waals surface area contributed by atoms with Crippen LogP contribution in [-0.4, -0.2) is 20.7 Å². The van der Waals surface area contributed by atoms with Gasteiger partial charge in [-0.2, -0.15) is 9.67 Å². The minimum Gasteiger partial charge on any atom is -0.489 e. The van der Waals surface area contributed by atoms with Crippen molar-refractivity contribution in [3.05, 3.63) is 84.1 Å². The zero-order valence-electron chi connectivity index (χ0n) is 18.4. The largest absolute Gasteiger partial charge is 0.489 e. The van der Waals surface area contributed by atoms with Gasteiger partial charge in [0.05, 0.1) is 6.26 Å². The van der Waals surface area contributed by atoms with E-state index in [2.05, 4.69) is 15.4 Å². The number of aromatic nitrogens is 3. The van der Waals surface area contributed by atoms with Gasteiger partial charge in [-0.3, -0.25) is 4.79 Å². The number of anilines is 1. The molecule has 2 heterocycles. The number of nitrogens with one attached hydrogen (secondary N) is 1. The van der Waals surface area contributed by atoms with E-state index in [-0.39, 0.29) is 5.91 Å². The van der Waals surface area contributed by atoms with Crippen molar-refractivity contribution < 1.29 is 13.9 Å². The van der Waals surface area contributed by atoms with Crippen molar-refractivity contribution in [1.82, 2.24) is 14.8 Å². The summed E-state index contributed by atoms with van der Waals surface area (Å²) in [5.41, 5.74) is 1.53. The van der Waals surface area contributed by atoms with Crippen LogP contribution in [0, 0.1) is 5.41 Å². The summed E-state index contributed by atoms with van der Waals surface area (Å²) >= 11 is 0. The van der Waals surface area contributed by atoms with Crippen LogP contribution in [0.3, 0.4) is 0 Å². The molecule has 2 aromatic heterocycles. The fourth-order valence-corrected chi connectivity index (χ4v) is 3.02. The summed E-state index contributed by atoms with van der Waals surface area (Å²) in [4.78, 5) is 17.4. The molecule has 164 valence electrons. The van der Waals surface area contributed by atoms with Crippen LogP contribution < -0.4 is 10.1 Å². The summed E-state index contributed by atoms with van der Waals surface area (Å²) in [5.74, 6) is 1.88. The van der Waals surface area contributed by atoms with E-state index in [9.17, 15) is 4.79 Å². The number of nitrogens with zero attached hydrogens (tertiary/aromatic N) is 3. The molecule has 0 aliphatic rings. The molecular weight excluding hydrogens is 404 g/mol. The summed E-state index contributed by atoms with van der Waals surface area (Å²) in [5, 5.41) is 7.61. The lowest BCUT2D eigenvalue weighted by Crippen LogP contribution is -2.29. The number of rotatable bonds is 7. The Morgan fingerprint density at radius 3 is 2.41 bits per heavy atom. The van der Waals surface area contributed by atoms with Crippen molar-refractivity contribution in [2.75, 3.05) is 5.32 Å². The van der Waals surface area contributed by atoms with Gasteiger partial charge >= 0.3 is 0 Å². The first kappa shape index (κ1) is 21.4. The standard InChI is InChI=1S/C25H26N4O3/c1-25(2,3)23(30)29-24(27-22(28-29)21-10-7-15-31-21)26-16-18-11-13-20(14-12-18)32-17-19-8-5-4-6-9-19/h4-15H,16-17H2,1-3H3,(H,26,27,28). The number of carbonyl (C=O) groups is 1. The molecule has 0 aliphatic carbocycles. The van der Waals surface area contributed by atoms with Crippen LogP contribution in [0.5, 0.6) is 5.75 Å². The van der Waals surface area contributed by atoms with Crippen LogP contribution in [0.15, 0.2) is 77.4 Å². The highest BCUT2D eigenvalue weighted by Crippen LogP contribution is 2.23. The molecule has 0 spiro atoms. The third-order valence-electron chi connectivity index (χ3n) is 4.80. The lowest BCUT2D eigenvalue weighted by atomic mass is 9.96. The molecule has 0 bridgehead atoms. The Hall–Kier alpha value is -3.87. The zero-order valence-corrected chi connectivity index (χ0v) is 18.4. The van der Waals surface area contributed by atoms with Gasteiger partial charge in [-0.15, -0.1) is 5.10 Å². The van der Waals surface area contributed by atoms with Crippen LogP contribution in [0.1, 0.15) is 36.7 Å². The summed E-state index contributed by atoms with van der Waals surface area (Å²) in [6.07, 6.45) is 1.55. The monoisotopic (exact) mass is 430 g/mol. The van der Waals surface area contributed by atoms with E-state index in [0.29, 0.717) is 30.7 Å². The number of hydrogen-bond donors (Lipinski definition) is 1. The molecule has 1 N–H and O–H groups in total. The smallest absolute Gasteiger partial charge is 0.255 e. The predicted octanol–water partition coefficient (Wildman–Crippen LogP) is 5.42. The Bertz CT molecular complexity index is 1160. The van der Waals surface area contributed by atoms with E-state index >= 15 is 0 Å². The molecule has 0 fully saturated rings. The Morgan fingerprint density at radius 2 is 1.75 bits per heavy atom. The van der Waals surface area contributed by atoms with E-state index in [1.165, 1.54) is 4.68 Å². The van der Waals surface area contributed by atoms with Gasteiger partial charge in [0.15, 0.2) is 5.76 Å². The van der Waals surface area contributed by atoms with Crippen molar-refractivity contribution in [3.8, 4) is 17.3 Å². The highest BCUT2D eigenvalue weighted by molar-refractivity contribution is 5.85. The van der Waals surface area contributed by atoms with Gasteiger partial charge in [0.25, 0.3) is 5.91 Å². The lowest BCUT2D eigenvalue weighted by Gasteiger charge is -2.17. The Balaban J connectivity index is 1.45. The molecule has 7 heteroatoms. The van der Waals surface area contributed by atoms with Gasteiger partial charge < -0.3 is 14.5 Å². The van der Waals surface area contributed by atoms with Gasteiger partial charge in [0.2, 0.25) is 11.8 Å². The van der Waals surface area contributed by atoms with E-state index in [0.717, 1.165) is 16.9 Å². The summed E-state index contributed by atoms with van der Waals surface area (Å²) in [6.45, 7) is 6.54. The highest BCUT2D eigenvalue weighted by Gasteiger charge is 2.28. The lowest BCUT2D eigenvalue weighted by molar-refractivity contribution is 0.0752. The molecule has 0 unspecified atom stereocenters. The highest BCUT2D eigenvalue weighted by atomic mass is 16.5. The number of ether oxygens (including phenoxy) is 1. The predicted molar refractivity (Wildman–Crippen MR) is 122 cm³/mol. The van der Waals surface area contributed by atoms with Gasteiger partial charge in [0, 0.05) is 12.0 Å². The SMILES string of the molecule is CC(C)(C)C(=O)n1nc(-c2ccco2)nc1NCc1ccc(OCc2ccccc2)cc1.